The summed E-state index contributed by atoms with van der Waals surface area (Å²) in [7, 11) is 1.42. The number of nitrogens with two attached hydrogens (primary N) is 2. The van der Waals surface area contributed by atoms with Gasteiger partial charge in [0.15, 0.2) is 40.0 Å². The number of ether oxygens (including phenoxy) is 4. The average Bonchev–Trinajstić information content (AvgIpc) is 3.83. The first-order valence-electron chi connectivity index (χ1n) is 16.0. The van der Waals surface area contributed by atoms with Crippen LogP contribution in [0.3, 0.4) is 0 Å². The van der Waals surface area contributed by atoms with Crippen LogP contribution in [0.15, 0.2) is 43.0 Å². The minimum atomic E-state index is -1.64. The van der Waals surface area contributed by atoms with Crippen LogP contribution in [0.1, 0.15) is 56.9 Å². The van der Waals surface area contributed by atoms with Crippen LogP contribution in [0, 0.1) is 5.92 Å². The van der Waals surface area contributed by atoms with Gasteiger partial charge < -0.3 is 45.7 Å². The van der Waals surface area contributed by atoms with Gasteiger partial charge in [0.1, 0.15) is 23.3 Å². The number of hydrogen-bond acceptors (Lipinski definition) is 16. The summed E-state index contributed by atoms with van der Waals surface area (Å²) in [4.78, 5) is 37.5. The second-order valence-electron chi connectivity index (χ2n) is 12.7. The van der Waals surface area contributed by atoms with Crippen molar-refractivity contribution in [3.05, 3.63) is 53.7 Å². The van der Waals surface area contributed by atoms with Crippen molar-refractivity contribution in [1.29, 1.82) is 0 Å². The molecule has 5 aromatic rings. The van der Waals surface area contributed by atoms with E-state index < -0.39 is 48.4 Å². The minimum absolute atomic E-state index is 0.0250. The van der Waals surface area contributed by atoms with E-state index >= 15 is 0 Å². The molecule has 2 fully saturated rings. The smallest absolute Gasteiger partial charge is 0.338 e. The van der Waals surface area contributed by atoms with Crippen molar-refractivity contribution < 1.29 is 39.1 Å². The van der Waals surface area contributed by atoms with Crippen molar-refractivity contribution in [2.75, 3.05) is 25.2 Å². The molecular formula is C32H39ClN10O8. The Morgan fingerprint density at radius 1 is 0.961 bits per heavy atom. The number of nitrogens with zero attached hydrogens (tertiary/aromatic N) is 8. The number of aliphatic hydroxyl groups excluding tert-OH is 2. The van der Waals surface area contributed by atoms with E-state index in [1.165, 1.54) is 24.9 Å². The number of aromatic nitrogens is 8. The summed E-state index contributed by atoms with van der Waals surface area (Å²) in [5.41, 5.74) is 10.8. The summed E-state index contributed by atoms with van der Waals surface area (Å²) in [5.74, 6) is -0.286. The Labute approximate surface area is 296 Å². The van der Waals surface area contributed by atoms with Gasteiger partial charge in [-0.25, -0.2) is 14.8 Å². The standard InChI is InChI=1S/C20H22ClN5O3.C12H17N5O5/c1-4-13-11(2)20(3,29-17(27)12-8-6-5-7-9-12)18(28-13)26-10-23-14-15(21)24-19(22)25-16(14)26;1-12(20)7(19)5(3-18)22-10(12)17-4-14-6-8(17)15-11(13)16-9(6)21-2/h5-11,13,18H,4H2,1-3H3,(H2,22,24,25);4-5,7,10,18-20H,3H2,1-2H3,(H2,13,15,16)/t11-,13-,18-,20-;5-,7-,10-,12-/m11/s1. The van der Waals surface area contributed by atoms with Crippen LogP contribution < -0.4 is 16.2 Å². The fourth-order valence-electron chi connectivity index (χ4n) is 6.46. The number of fused-ring (bicyclic) bond motifs is 2. The Hall–Kier alpha value is -4.72. The van der Waals surface area contributed by atoms with Gasteiger partial charge in [-0.1, -0.05) is 43.6 Å². The first-order chi connectivity index (χ1) is 24.2. The van der Waals surface area contributed by atoms with Crippen LogP contribution in [-0.4, -0.2) is 104 Å². The Bertz CT molecular complexity index is 2040. The largest absolute Gasteiger partial charge is 0.479 e. The number of hydrogen-bond donors (Lipinski definition) is 5. The third-order valence-electron chi connectivity index (χ3n) is 9.42. The van der Waals surface area contributed by atoms with Gasteiger partial charge in [0, 0.05) is 5.92 Å². The van der Waals surface area contributed by atoms with Crippen LogP contribution in [0.2, 0.25) is 5.15 Å². The molecular weight excluding hydrogens is 688 g/mol. The molecule has 2 aliphatic heterocycles. The molecule has 51 heavy (non-hydrogen) atoms. The van der Waals surface area contributed by atoms with Crippen molar-refractivity contribution in [3.8, 4) is 5.88 Å². The number of halogens is 1. The molecule has 0 saturated carbocycles. The lowest BCUT2D eigenvalue weighted by atomic mass is 9.86. The zero-order valence-electron chi connectivity index (χ0n) is 28.4. The fraction of sp³-hybridized carbons (Fsp3) is 0.469. The molecule has 0 spiro atoms. The highest BCUT2D eigenvalue weighted by atomic mass is 35.5. The first kappa shape index (κ1) is 36.1. The maximum Gasteiger partial charge on any atom is 0.338 e. The van der Waals surface area contributed by atoms with Crippen molar-refractivity contribution in [1.82, 2.24) is 39.0 Å². The predicted octanol–water partition coefficient (Wildman–Crippen LogP) is 2.04. The number of carbonyl (C=O) groups excluding carboxylic acids is 1. The minimum Gasteiger partial charge on any atom is -0.479 e. The summed E-state index contributed by atoms with van der Waals surface area (Å²) in [6, 6.07) is 8.88. The van der Waals surface area contributed by atoms with E-state index in [2.05, 4.69) is 29.9 Å². The lowest BCUT2D eigenvalue weighted by Crippen LogP contribution is -2.44. The Balaban J connectivity index is 0.000000183. The van der Waals surface area contributed by atoms with Gasteiger partial charge in [-0.3, -0.25) is 9.13 Å². The molecule has 0 unspecified atom stereocenters. The number of aliphatic hydroxyl groups is 3. The number of methoxy groups -OCH3 is 1. The van der Waals surface area contributed by atoms with E-state index in [0.29, 0.717) is 27.9 Å². The van der Waals surface area contributed by atoms with E-state index in [1.54, 1.807) is 35.2 Å². The van der Waals surface area contributed by atoms with Gasteiger partial charge in [-0.05, 0) is 32.4 Å². The maximum atomic E-state index is 12.9. The monoisotopic (exact) mass is 726 g/mol. The number of esters is 1. The molecule has 4 aromatic heterocycles. The molecule has 6 heterocycles. The Morgan fingerprint density at radius 2 is 1.55 bits per heavy atom. The van der Waals surface area contributed by atoms with Crippen molar-refractivity contribution >= 4 is 51.8 Å². The molecule has 2 aliphatic rings. The van der Waals surface area contributed by atoms with E-state index in [1.807, 2.05) is 26.8 Å². The molecule has 0 bridgehead atoms. The molecule has 1 aromatic carbocycles. The zero-order chi connectivity index (χ0) is 36.8. The van der Waals surface area contributed by atoms with Crippen LogP contribution in [0.25, 0.3) is 22.3 Å². The molecule has 7 rings (SSSR count). The lowest BCUT2D eigenvalue weighted by Gasteiger charge is -2.33. The lowest BCUT2D eigenvalue weighted by molar-refractivity contribution is -0.0950. The van der Waals surface area contributed by atoms with Gasteiger partial charge >= 0.3 is 5.97 Å². The number of anilines is 2. The highest BCUT2D eigenvalue weighted by molar-refractivity contribution is 6.33. The molecule has 0 amide bonds. The van der Waals surface area contributed by atoms with E-state index in [-0.39, 0.29) is 35.0 Å². The van der Waals surface area contributed by atoms with Crippen molar-refractivity contribution in [3.63, 3.8) is 0 Å². The molecule has 19 heteroatoms. The number of benzene rings is 1. The number of rotatable bonds is 7. The van der Waals surface area contributed by atoms with Crippen molar-refractivity contribution in [2.45, 2.75) is 76.1 Å². The van der Waals surface area contributed by atoms with Crippen molar-refractivity contribution in [2.24, 2.45) is 5.92 Å². The fourth-order valence-corrected chi connectivity index (χ4v) is 6.68. The summed E-state index contributed by atoms with van der Waals surface area (Å²) in [6.07, 6.45) is -0.225. The van der Waals surface area contributed by atoms with Crippen LogP contribution in [-0.2, 0) is 14.2 Å². The summed E-state index contributed by atoms with van der Waals surface area (Å²) in [5, 5.41) is 30.0. The predicted molar refractivity (Wildman–Crippen MR) is 182 cm³/mol. The van der Waals surface area contributed by atoms with Gasteiger partial charge in [0.05, 0.1) is 38.0 Å². The molecule has 0 aliphatic carbocycles. The molecule has 0 radical (unpaired) electrons. The normalized spacial score (nSPS) is 28.9. The number of carbonyl (C=O) groups is 1. The molecule has 18 nitrogen and oxygen atoms in total. The molecule has 272 valence electrons. The second kappa shape index (κ2) is 13.8. The number of nitrogen functional groups attached to an aromatic ring is 2. The van der Waals surface area contributed by atoms with Gasteiger partial charge in [0.2, 0.25) is 17.8 Å². The zero-order valence-corrected chi connectivity index (χ0v) is 29.2. The van der Waals surface area contributed by atoms with Crippen LogP contribution >= 0.6 is 11.6 Å². The first-order valence-corrected chi connectivity index (χ1v) is 16.4. The topological polar surface area (TPSA) is 254 Å². The van der Waals surface area contributed by atoms with Crippen LogP contribution in [0.5, 0.6) is 5.88 Å². The Kier molecular flexibility index (Phi) is 9.75. The third-order valence-corrected chi connectivity index (χ3v) is 9.68. The highest BCUT2D eigenvalue weighted by Gasteiger charge is 2.55. The highest BCUT2D eigenvalue weighted by Crippen LogP contribution is 2.47. The van der Waals surface area contributed by atoms with Gasteiger partial charge in [-0.15, -0.1) is 0 Å². The molecule has 8 atom stereocenters. The van der Waals surface area contributed by atoms with E-state index in [0.717, 1.165) is 6.42 Å². The maximum absolute atomic E-state index is 12.9. The van der Waals surface area contributed by atoms with E-state index in [9.17, 15) is 20.1 Å². The summed E-state index contributed by atoms with van der Waals surface area (Å²) in [6.45, 7) is 6.90. The molecule has 7 N–H and O–H groups in total. The quantitative estimate of drug-likeness (QED) is 0.119. The van der Waals surface area contributed by atoms with E-state index in [4.69, 9.17) is 42.0 Å². The molecule has 2 saturated heterocycles. The Morgan fingerprint density at radius 3 is 2.16 bits per heavy atom. The summed E-state index contributed by atoms with van der Waals surface area (Å²) >= 11 is 6.17. The third kappa shape index (κ3) is 6.27. The van der Waals surface area contributed by atoms with Gasteiger partial charge in [-0.2, -0.15) is 19.9 Å². The van der Waals surface area contributed by atoms with Crippen LogP contribution in [0.4, 0.5) is 11.9 Å². The average molecular weight is 727 g/mol. The number of imidazole rings is 2. The van der Waals surface area contributed by atoms with Gasteiger partial charge in [0.25, 0.3) is 0 Å². The summed E-state index contributed by atoms with van der Waals surface area (Å²) < 4.78 is 26.1. The SMILES string of the molecule is CC[C@H]1O[C@@H](n2cnc3c(Cl)nc(N)nc32)[C@](C)(OC(=O)c2ccccc2)[C@@H]1C.COc1nc(N)nc2c1ncn2[C@@H]1O[C@H](CO)[C@@H](O)[C@@]1(C)O. The second-order valence-corrected chi connectivity index (χ2v) is 13.0.